The Hall–Kier alpha value is -1.48. The van der Waals surface area contributed by atoms with Gasteiger partial charge < -0.3 is 14.8 Å². The van der Waals surface area contributed by atoms with Gasteiger partial charge in [-0.2, -0.15) is 0 Å². The van der Waals surface area contributed by atoms with Crippen molar-refractivity contribution in [3.8, 4) is 5.75 Å². The molecule has 2 rings (SSSR count). The molecule has 0 spiro atoms. The normalized spacial score (nSPS) is 10.8. The molecule has 0 radical (unpaired) electrons. The van der Waals surface area contributed by atoms with Crippen LogP contribution in [0.4, 0.5) is 0 Å². The molecule has 0 unspecified atom stereocenters. The van der Waals surface area contributed by atoms with Crippen molar-refractivity contribution in [2.24, 2.45) is 0 Å². The standard InChI is InChI=1S/C13H17NO2/c15-8-2-1-3-9-16-12-4-5-13-11(10-12)6-7-14-13/h4-7,10,14-15H,1-3,8-9H2. The van der Waals surface area contributed by atoms with E-state index in [0.29, 0.717) is 0 Å². The number of ether oxygens (including phenoxy) is 1. The van der Waals surface area contributed by atoms with E-state index in [-0.39, 0.29) is 6.61 Å². The first-order chi connectivity index (χ1) is 7.90. The molecule has 0 aliphatic carbocycles. The molecule has 86 valence electrons. The molecule has 3 nitrogen and oxygen atoms in total. The number of hydrogen-bond donors (Lipinski definition) is 2. The molecule has 3 heteroatoms. The van der Waals surface area contributed by atoms with E-state index in [1.165, 1.54) is 5.39 Å². The van der Waals surface area contributed by atoms with E-state index in [9.17, 15) is 0 Å². The van der Waals surface area contributed by atoms with Crippen LogP contribution in [0.2, 0.25) is 0 Å². The molecular weight excluding hydrogens is 202 g/mol. The number of fused-ring (bicyclic) bond motifs is 1. The quantitative estimate of drug-likeness (QED) is 0.734. The van der Waals surface area contributed by atoms with E-state index >= 15 is 0 Å². The van der Waals surface area contributed by atoms with Gasteiger partial charge in [0, 0.05) is 23.7 Å². The van der Waals surface area contributed by atoms with E-state index in [1.54, 1.807) is 0 Å². The second kappa shape index (κ2) is 5.56. The highest BCUT2D eigenvalue weighted by Gasteiger charge is 1.97. The van der Waals surface area contributed by atoms with Crippen LogP contribution in [-0.2, 0) is 0 Å². The summed E-state index contributed by atoms with van der Waals surface area (Å²) in [5.74, 6) is 0.913. The molecule has 0 aliphatic rings. The number of rotatable bonds is 6. The van der Waals surface area contributed by atoms with Crippen molar-refractivity contribution >= 4 is 10.9 Å². The summed E-state index contributed by atoms with van der Waals surface area (Å²) in [5.41, 5.74) is 1.13. The molecule has 2 aromatic rings. The molecule has 1 aromatic heterocycles. The lowest BCUT2D eigenvalue weighted by molar-refractivity contribution is 0.266. The molecule has 0 fully saturated rings. The highest BCUT2D eigenvalue weighted by atomic mass is 16.5. The topological polar surface area (TPSA) is 45.2 Å². The molecule has 2 N–H and O–H groups in total. The zero-order valence-corrected chi connectivity index (χ0v) is 9.28. The van der Waals surface area contributed by atoms with E-state index < -0.39 is 0 Å². The fraction of sp³-hybridized carbons (Fsp3) is 0.385. The summed E-state index contributed by atoms with van der Waals surface area (Å²) in [6.45, 7) is 0.991. The first kappa shape index (κ1) is 11.0. The van der Waals surface area contributed by atoms with Crippen molar-refractivity contribution in [3.63, 3.8) is 0 Å². The summed E-state index contributed by atoms with van der Waals surface area (Å²) >= 11 is 0. The van der Waals surface area contributed by atoms with Crippen LogP contribution in [-0.4, -0.2) is 23.3 Å². The summed E-state index contributed by atoms with van der Waals surface area (Å²) in [5, 5.41) is 9.81. The zero-order valence-electron chi connectivity index (χ0n) is 9.28. The van der Waals surface area contributed by atoms with Crippen LogP contribution in [0.5, 0.6) is 5.75 Å². The lowest BCUT2D eigenvalue weighted by atomic mass is 10.2. The molecule has 0 amide bonds. The number of nitrogens with one attached hydrogen (secondary N) is 1. The fourth-order valence-corrected chi connectivity index (χ4v) is 1.70. The lowest BCUT2D eigenvalue weighted by Gasteiger charge is -2.05. The number of unbranched alkanes of at least 4 members (excludes halogenated alkanes) is 2. The third-order valence-electron chi connectivity index (χ3n) is 2.60. The Morgan fingerprint density at radius 3 is 2.94 bits per heavy atom. The predicted molar refractivity (Wildman–Crippen MR) is 64.7 cm³/mol. The first-order valence-electron chi connectivity index (χ1n) is 5.71. The van der Waals surface area contributed by atoms with Gasteiger partial charge in [0.25, 0.3) is 0 Å². The second-order valence-corrected chi connectivity index (χ2v) is 3.86. The maximum absolute atomic E-state index is 8.63. The largest absolute Gasteiger partial charge is 0.494 e. The minimum Gasteiger partial charge on any atom is -0.494 e. The molecule has 0 aliphatic heterocycles. The zero-order chi connectivity index (χ0) is 11.2. The maximum Gasteiger partial charge on any atom is 0.120 e. The van der Waals surface area contributed by atoms with E-state index in [0.717, 1.165) is 37.1 Å². The molecule has 0 saturated carbocycles. The van der Waals surface area contributed by atoms with Crippen molar-refractivity contribution < 1.29 is 9.84 Å². The van der Waals surface area contributed by atoms with Gasteiger partial charge in [-0.05, 0) is 43.5 Å². The van der Waals surface area contributed by atoms with Gasteiger partial charge in [-0.25, -0.2) is 0 Å². The Bertz CT molecular complexity index is 436. The van der Waals surface area contributed by atoms with Crippen molar-refractivity contribution in [2.45, 2.75) is 19.3 Å². The number of hydrogen-bond acceptors (Lipinski definition) is 2. The van der Waals surface area contributed by atoms with Crippen LogP contribution in [0.1, 0.15) is 19.3 Å². The lowest BCUT2D eigenvalue weighted by Crippen LogP contribution is -1.97. The number of aromatic nitrogens is 1. The van der Waals surface area contributed by atoms with Gasteiger partial charge >= 0.3 is 0 Å². The van der Waals surface area contributed by atoms with Crippen molar-refractivity contribution in [2.75, 3.05) is 13.2 Å². The number of benzene rings is 1. The number of aliphatic hydroxyl groups excluding tert-OH is 1. The SMILES string of the molecule is OCCCCCOc1ccc2[nH]ccc2c1. The molecule has 1 heterocycles. The van der Waals surface area contributed by atoms with Crippen LogP contribution < -0.4 is 4.74 Å². The Morgan fingerprint density at radius 1 is 1.12 bits per heavy atom. The summed E-state index contributed by atoms with van der Waals surface area (Å²) in [6.07, 6.45) is 4.80. The smallest absolute Gasteiger partial charge is 0.120 e. The molecule has 16 heavy (non-hydrogen) atoms. The first-order valence-corrected chi connectivity index (χ1v) is 5.71. The monoisotopic (exact) mass is 219 g/mol. The van der Waals surface area contributed by atoms with Crippen LogP contribution in [0.15, 0.2) is 30.5 Å². The second-order valence-electron chi connectivity index (χ2n) is 3.86. The molecule has 1 aromatic carbocycles. The van der Waals surface area contributed by atoms with Crippen molar-refractivity contribution in [3.05, 3.63) is 30.5 Å². The van der Waals surface area contributed by atoms with Gasteiger partial charge in [0.1, 0.15) is 5.75 Å². The summed E-state index contributed by atoms with van der Waals surface area (Å²) in [4.78, 5) is 3.15. The van der Waals surface area contributed by atoms with Crippen molar-refractivity contribution in [1.29, 1.82) is 0 Å². The molecule has 0 saturated heterocycles. The number of H-pyrrole nitrogens is 1. The highest BCUT2D eigenvalue weighted by molar-refractivity contribution is 5.80. The van der Waals surface area contributed by atoms with Crippen molar-refractivity contribution in [1.82, 2.24) is 4.98 Å². The Kier molecular flexibility index (Phi) is 3.83. The average molecular weight is 219 g/mol. The average Bonchev–Trinajstić information content (AvgIpc) is 2.76. The van der Waals surface area contributed by atoms with E-state index in [1.807, 2.05) is 30.5 Å². The van der Waals surface area contributed by atoms with Gasteiger partial charge in [-0.15, -0.1) is 0 Å². The fourth-order valence-electron chi connectivity index (χ4n) is 1.70. The van der Waals surface area contributed by atoms with Gasteiger partial charge in [-0.3, -0.25) is 0 Å². The Morgan fingerprint density at radius 2 is 2.06 bits per heavy atom. The van der Waals surface area contributed by atoms with Gasteiger partial charge in [0.05, 0.1) is 6.61 Å². The van der Waals surface area contributed by atoms with Crippen LogP contribution >= 0.6 is 0 Å². The maximum atomic E-state index is 8.63. The van der Waals surface area contributed by atoms with Gasteiger partial charge in [0.15, 0.2) is 0 Å². The highest BCUT2D eigenvalue weighted by Crippen LogP contribution is 2.19. The predicted octanol–water partition coefficient (Wildman–Crippen LogP) is 2.71. The summed E-state index contributed by atoms with van der Waals surface area (Å²) in [7, 11) is 0. The Labute approximate surface area is 95.1 Å². The van der Waals surface area contributed by atoms with Crippen LogP contribution in [0, 0.1) is 0 Å². The van der Waals surface area contributed by atoms with Gasteiger partial charge in [0.2, 0.25) is 0 Å². The molecular formula is C13H17NO2. The third-order valence-corrected chi connectivity index (χ3v) is 2.60. The number of aromatic amines is 1. The van der Waals surface area contributed by atoms with Crippen LogP contribution in [0.3, 0.4) is 0 Å². The third kappa shape index (κ3) is 2.76. The molecule has 0 atom stereocenters. The molecule has 0 bridgehead atoms. The Balaban J connectivity index is 1.84. The minimum absolute atomic E-state index is 0.273. The minimum atomic E-state index is 0.273. The van der Waals surface area contributed by atoms with E-state index in [2.05, 4.69) is 4.98 Å². The number of aliphatic hydroxyl groups is 1. The summed E-state index contributed by atoms with van der Waals surface area (Å²) in [6, 6.07) is 8.08. The van der Waals surface area contributed by atoms with E-state index in [4.69, 9.17) is 9.84 Å². The summed E-state index contributed by atoms with van der Waals surface area (Å²) < 4.78 is 5.63. The van der Waals surface area contributed by atoms with Crippen LogP contribution in [0.25, 0.3) is 10.9 Å². The van der Waals surface area contributed by atoms with Gasteiger partial charge in [-0.1, -0.05) is 0 Å².